The standard InChI is InChI=1S/C40H76N2S2/c1-3-5-7-9-11-13-15-17-19-21-23-25-27-29-31-33-35-41-37-39-43-44-40-38-42-36-34-32-30-28-26-24-22-20-18-16-14-12-10-8-6-4-2/h11-14,17-20,41-42H,3-10,15-16,21-40H2,1-2H3/b13-11-,14-12-,19-17-,20-18-. The van der Waals surface area contributed by atoms with Crippen LogP contribution in [0.2, 0.25) is 0 Å². The number of allylic oxidation sites excluding steroid dienone is 8. The first kappa shape index (κ1) is 43.6. The summed E-state index contributed by atoms with van der Waals surface area (Å²) >= 11 is 0. The molecule has 0 aliphatic carbocycles. The van der Waals surface area contributed by atoms with Crippen LogP contribution < -0.4 is 10.6 Å². The van der Waals surface area contributed by atoms with E-state index in [-0.39, 0.29) is 0 Å². The zero-order valence-corrected chi connectivity index (χ0v) is 31.3. The molecule has 0 saturated heterocycles. The second-order valence-electron chi connectivity index (χ2n) is 12.3. The van der Waals surface area contributed by atoms with Crippen molar-refractivity contribution in [1.82, 2.24) is 10.6 Å². The fourth-order valence-corrected chi connectivity index (χ4v) is 6.97. The zero-order chi connectivity index (χ0) is 31.7. The Bertz CT molecular complexity index is 575. The minimum atomic E-state index is 1.12. The first-order valence-corrected chi connectivity index (χ1v) is 21.7. The minimum Gasteiger partial charge on any atom is -0.316 e. The van der Waals surface area contributed by atoms with E-state index in [2.05, 4.69) is 73.1 Å². The van der Waals surface area contributed by atoms with Gasteiger partial charge in [0, 0.05) is 24.6 Å². The highest BCUT2D eigenvalue weighted by atomic mass is 33.1. The lowest BCUT2D eigenvalue weighted by molar-refractivity contribution is 0.574. The first-order chi connectivity index (χ1) is 21.9. The van der Waals surface area contributed by atoms with E-state index in [1.54, 1.807) is 0 Å². The lowest BCUT2D eigenvalue weighted by atomic mass is 10.1. The second-order valence-corrected chi connectivity index (χ2v) is 15.0. The van der Waals surface area contributed by atoms with Gasteiger partial charge in [0.2, 0.25) is 0 Å². The summed E-state index contributed by atoms with van der Waals surface area (Å²) < 4.78 is 0. The van der Waals surface area contributed by atoms with E-state index in [1.165, 1.54) is 166 Å². The smallest absolute Gasteiger partial charge is 0.0162 e. The Morgan fingerprint density at radius 2 is 0.659 bits per heavy atom. The lowest BCUT2D eigenvalue weighted by Gasteiger charge is -2.06. The van der Waals surface area contributed by atoms with Crippen molar-refractivity contribution in [3.8, 4) is 0 Å². The van der Waals surface area contributed by atoms with Crippen molar-refractivity contribution in [3.05, 3.63) is 48.6 Å². The molecule has 0 amide bonds. The topological polar surface area (TPSA) is 24.1 Å². The molecule has 0 unspecified atom stereocenters. The molecule has 0 bridgehead atoms. The lowest BCUT2D eigenvalue weighted by Crippen LogP contribution is -2.19. The molecule has 44 heavy (non-hydrogen) atoms. The van der Waals surface area contributed by atoms with Gasteiger partial charge in [0.25, 0.3) is 0 Å². The average Bonchev–Trinajstić information content (AvgIpc) is 3.04. The van der Waals surface area contributed by atoms with Crippen LogP contribution in [-0.4, -0.2) is 37.7 Å². The van der Waals surface area contributed by atoms with Gasteiger partial charge in [-0.3, -0.25) is 0 Å². The Balaban J connectivity index is 3.13. The van der Waals surface area contributed by atoms with Crippen LogP contribution in [0.4, 0.5) is 0 Å². The van der Waals surface area contributed by atoms with Gasteiger partial charge in [-0.25, -0.2) is 0 Å². The molecular formula is C40H76N2S2. The highest BCUT2D eigenvalue weighted by molar-refractivity contribution is 8.76. The predicted molar refractivity (Wildman–Crippen MR) is 209 cm³/mol. The van der Waals surface area contributed by atoms with Gasteiger partial charge < -0.3 is 10.6 Å². The van der Waals surface area contributed by atoms with Crippen LogP contribution in [0, 0.1) is 0 Å². The highest BCUT2D eigenvalue weighted by Crippen LogP contribution is 2.19. The van der Waals surface area contributed by atoms with Gasteiger partial charge in [0.1, 0.15) is 0 Å². The number of unbranched alkanes of at least 4 members (excludes halogenated alkanes) is 18. The molecule has 0 atom stereocenters. The van der Waals surface area contributed by atoms with Crippen LogP contribution in [0.5, 0.6) is 0 Å². The normalized spacial score (nSPS) is 12.3. The summed E-state index contributed by atoms with van der Waals surface area (Å²) in [6.07, 6.45) is 50.7. The monoisotopic (exact) mass is 649 g/mol. The molecule has 2 N–H and O–H groups in total. The molecule has 0 rings (SSSR count). The Hall–Kier alpha value is -0.420. The average molecular weight is 649 g/mol. The zero-order valence-electron chi connectivity index (χ0n) is 29.6. The number of rotatable bonds is 37. The molecule has 258 valence electrons. The maximum atomic E-state index is 3.63. The third kappa shape index (κ3) is 41.6. The molecular weight excluding hydrogens is 573 g/mol. The van der Waals surface area contributed by atoms with Gasteiger partial charge in [-0.15, -0.1) is 0 Å². The molecule has 0 aromatic heterocycles. The van der Waals surface area contributed by atoms with E-state index in [0.717, 1.165) is 25.9 Å². The molecule has 0 fully saturated rings. The van der Waals surface area contributed by atoms with Crippen molar-refractivity contribution in [3.63, 3.8) is 0 Å². The third-order valence-corrected chi connectivity index (χ3v) is 10.3. The molecule has 0 aliphatic rings. The van der Waals surface area contributed by atoms with Crippen molar-refractivity contribution >= 4 is 21.6 Å². The van der Waals surface area contributed by atoms with Gasteiger partial charge in [-0.2, -0.15) is 0 Å². The number of nitrogens with one attached hydrogen (secondary N) is 2. The van der Waals surface area contributed by atoms with E-state index >= 15 is 0 Å². The van der Waals surface area contributed by atoms with Crippen molar-refractivity contribution in [2.75, 3.05) is 37.7 Å². The van der Waals surface area contributed by atoms with Crippen LogP contribution >= 0.6 is 21.6 Å². The van der Waals surface area contributed by atoms with Crippen LogP contribution in [0.15, 0.2) is 48.6 Å². The second kappa shape index (κ2) is 42.6. The van der Waals surface area contributed by atoms with Gasteiger partial charge in [0.15, 0.2) is 0 Å². The molecule has 2 nitrogen and oxygen atoms in total. The van der Waals surface area contributed by atoms with E-state index in [0.29, 0.717) is 0 Å². The summed E-state index contributed by atoms with van der Waals surface area (Å²) in [7, 11) is 4.06. The van der Waals surface area contributed by atoms with E-state index < -0.39 is 0 Å². The van der Waals surface area contributed by atoms with Crippen molar-refractivity contribution in [2.24, 2.45) is 0 Å². The van der Waals surface area contributed by atoms with Gasteiger partial charge in [0.05, 0.1) is 0 Å². The molecule has 4 heteroatoms. The summed E-state index contributed by atoms with van der Waals surface area (Å²) in [4.78, 5) is 0. The molecule has 0 aliphatic heterocycles. The SMILES string of the molecule is CCCCC/C=C\C/C=C\CCCCCCCCNCCSSCCNCCCCCCCC/C=C\C/C=C\CCCCC. The van der Waals surface area contributed by atoms with E-state index in [1.807, 2.05) is 21.6 Å². The highest BCUT2D eigenvalue weighted by Gasteiger charge is 1.95. The van der Waals surface area contributed by atoms with Crippen LogP contribution in [0.25, 0.3) is 0 Å². The van der Waals surface area contributed by atoms with Crippen LogP contribution in [0.1, 0.15) is 168 Å². The first-order valence-electron chi connectivity index (χ1n) is 19.2. The van der Waals surface area contributed by atoms with Gasteiger partial charge in [-0.05, 0) is 90.1 Å². The molecule has 0 aromatic carbocycles. The Morgan fingerprint density at radius 1 is 0.341 bits per heavy atom. The van der Waals surface area contributed by atoms with Gasteiger partial charge in [-0.1, -0.05) is 161 Å². The number of hydrogen-bond donors (Lipinski definition) is 2. The summed E-state index contributed by atoms with van der Waals surface area (Å²) in [5.41, 5.74) is 0. The Labute approximate surface area is 285 Å². The number of hydrogen-bond acceptors (Lipinski definition) is 4. The molecule has 0 spiro atoms. The quantitative estimate of drug-likeness (QED) is 0.0398. The summed E-state index contributed by atoms with van der Waals surface area (Å²) in [6, 6.07) is 0. The third-order valence-electron chi connectivity index (χ3n) is 7.92. The van der Waals surface area contributed by atoms with Crippen LogP contribution in [-0.2, 0) is 0 Å². The van der Waals surface area contributed by atoms with E-state index in [4.69, 9.17) is 0 Å². The maximum Gasteiger partial charge on any atom is 0.0162 e. The predicted octanol–water partition coefficient (Wildman–Crippen LogP) is 13.2. The van der Waals surface area contributed by atoms with E-state index in [9.17, 15) is 0 Å². The fraction of sp³-hybridized carbons (Fsp3) is 0.800. The molecule has 0 radical (unpaired) electrons. The fourth-order valence-electron chi connectivity index (χ4n) is 5.07. The molecule has 0 heterocycles. The van der Waals surface area contributed by atoms with Gasteiger partial charge >= 0.3 is 0 Å². The molecule has 0 aromatic rings. The Kier molecular flexibility index (Phi) is 42.2. The Morgan fingerprint density at radius 3 is 1.02 bits per heavy atom. The maximum absolute atomic E-state index is 3.63. The summed E-state index contributed by atoms with van der Waals surface area (Å²) in [6.45, 7) is 9.22. The van der Waals surface area contributed by atoms with Crippen molar-refractivity contribution in [1.29, 1.82) is 0 Å². The van der Waals surface area contributed by atoms with Crippen molar-refractivity contribution < 1.29 is 0 Å². The largest absolute Gasteiger partial charge is 0.316 e. The summed E-state index contributed by atoms with van der Waals surface area (Å²) in [5, 5.41) is 7.26. The summed E-state index contributed by atoms with van der Waals surface area (Å²) in [5.74, 6) is 2.44. The minimum absolute atomic E-state index is 1.12. The van der Waals surface area contributed by atoms with Crippen molar-refractivity contribution in [2.45, 2.75) is 168 Å². The van der Waals surface area contributed by atoms with Crippen LogP contribution in [0.3, 0.4) is 0 Å². The molecule has 0 saturated carbocycles.